The lowest BCUT2D eigenvalue weighted by atomic mass is 10.2. The molecule has 96 valence electrons. The molecule has 2 N–H and O–H groups in total. The van der Waals surface area contributed by atoms with E-state index in [0.29, 0.717) is 18.0 Å². The number of nitrogens with zero attached hydrogens (tertiary/aromatic N) is 2. The first kappa shape index (κ1) is 12.4. The second-order valence-corrected chi connectivity index (χ2v) is 3.79. The smallest absolute Gasteiger partial charge is 0.258 e. The second-order valence-electron chi connectivity index (χ2n) is 3.79. The van der Waals surface area contributed by atoms with Crippen molar-refractivity contribution in [3.8, 4) is 23.0 Å². The van der Waals surface area contributed by atoms with Crippen LogP contribution in [0.3, 0.4) is 0 Å². The summed E-state index contributed by atoms with van der Waals surface area (Å²) in [5.74, 6) is 0.516. The standard InChI is InChI=1S/C12H14N2O4/c1-3-17-7(2)11-13-12(18-14-11)8-4-9(15)6-10(16)5-8/h4-7,15-16H,3H2,1-2H3. The maximum Gasteiger partial charge on any atom is 0.258 e. The van der Waals surface area contributed by atoms with Gasteiger partial charge in [0.05, 0.1) is 0 Å². The van der Waals surface area contributed by atoms with E-state index in [0.717, 1.165) is 0 Å². The number of phenols is 2. The first-order valence-corrected chi connectivity index (χ1v) is 5.58. The van der Waals surface area contributed by atoms with E-state index in [1.54, 1.807) is 0 Å². The molecule has 0 aliphatic rings. The molecule has 0 radical (unpaired) electrons. The summed E-state index contributed by atoms with van der Waals surface area (Å²) in [5.41, 5.74) is 0.454. The highest BCUT2D eigenvalue weighted by Gasteiger charge is 2.15. The molecular formula is C12H14N2O4. The molecule has 0 aliphatic carbocycles. The fraction of sp³-hybridized carbons (Fsp3) is 0.333. The van der Waals surface area contributed by atoms with E-state index in [1.807, 2.05) is 13.8 Å². The molecule has 0 aliphatic heterocycles. The molecule has 1 heterocycles. The Hall–Kier alpha value is -2.08. The molecule has 2 rings (SSSR count). The van der Waals surface area contributed by atoms with Crippen LogP contribution in [0.15, 0.2) is 22.7 Å². The first-order chi connectivity index (χ1) is 8.60. The number of aromatic nitrogens is 2. The predicted octanol–water partition coefficient (Wildman–Crippen LogP) is 2.25. The molecule has 0 spiro atoms. The van der Waals surface area contributed by atoms with Gasteiger partial charge in [0.15, 0.2) is 0 Å². The zero-order valence-electron chi connectivity index (χ0n) is 10.1. The molecule has 0 amide bonds. The summed E-state index contributed by atoms with van der Waals surface area (Å²) in [6.45, 7) is 4.25. The fourth-order valence-electron chi connectivity index (χ4n) is 1.56. The zero-order valence-corrected chi connectivity index (χ0v) is 10.1. The van der Waals surface area contributed by atoms with Crippen LogP contribution in [0.2, 0.25) is 0 Å². The van der Waals surface area contributed by atoms with Gasteiger partial charge in [-0.15, -0.1) is 0 Å². The van der Waals surface area contributed by atoms with Gasteiger partial charge < -0.3 is 19.5 Å². The SMILES string of the molecule is CCOC(C)c1noc(-c2cc(O)cc(O)c2)n1. The second kappa shape index (κ2) is 5.05. The third-order valence-corrected chi connectivity index (χ3v) is 2.37. The van der Waals surface area contributed by atoms with Gasteiger partial charge in [-0.25, -0.2) is 0 Å². The zero-order chi connectivity index (χ0) is 13.1. The van der Waals surface area contributed by atoms with Crippen LogP contribution in [0, 0.1) is 0 Å². The predicted molar refractivity (Wildman–Crippen MR) is 63.1 cm³/mol. The van der Waals surface area contributed by atoms with Gasteiger partial charge in [-0.05, 0) is 26.0 Å². The lowest BCUT2D eigenvalue weighted by Gasteiger charge is -2.04. The highest BCUT2D eigenvalue weighted by molar-refractivity contribution is 5.58. The van der Waals surface area contributed by atoms with Gasteiger partial charge in [0.1, 0.15) is 17.6 Å². The Kier molecular flexibility index (Phi) is 3.47. The molecule has 0 fully saturated rings. The van der Waals surface area contributed by atoms with Crippen molar-refractivity contribution in [2.75, 3.05) is 6.61 Å². The molecule has 1 atom stereocenters. The summed E-state index contributed by atoms with van der Waals surface area (Å²) in [7, 11) is 0. The summed E-state index contributed by atoms with van der Waals surface area (Å²) in [5, 5.41) is 22.6. The molecule has 1 unspecified atom stereocenters. The Morgan fingerprint density at radius 1 is 1.28 bits per heavy atom. The number of rotatable bonds is 4. The Labute approximate surface area is 104 Å². The van der Waals surface area contributed by atoms with Crippen molar-refractivity contribution in [1.29, 1.82) is 0 Å². The van der Waals surface area contributed by atoms with Gasteiger partial charge in [0, 0.05) is 18.2 Å². The van der Waals surface area contributed by atoms with Crippen LogP contribution < -0.4 is 0 Å². The van der Waals surface area contributed by atoms with Crippen molar-refractivity contribution < 1.29 is 19.5 Å². The van der Waals surface area contributed by atoms with Crippen molar-refractivity contribution in [1.82, 2.24) is 10.1 Å². The number of ether oxygens (including phenoxy) is 1. The summed E-state index contributed by atoms with van der Waals surface area (Å²) >= 11 is 0. The normalized spacial score (nSPS) is 12.6. The summed E-state index contributed by atoms with van der Waals surface area (Å²) in [4.78, 5) is 4.16. The van der Waals surface area contributed by atoms with Crippen LogP contribution in [0.4, 0.5) is 0 Å². The molecule has 6 heteroatoms. The Balaban J connectivity index is 2.29. The molecule has 0 bridgehead atoms. The molecule has 1 aromatic heterocycles. The van der Waals surface area contributed by atoms with Crippen LogP contribution in [0.25, 0.3) is 11.5 Å². The Morgan fingerprint density at radius 3 is 2.56 bits per heavy atom. The first-order valence-electron chi connectivity index (χ1n) is 5.58. The van der Waals surface area contributed by atoms with E-state index in [4.69, 9.17) is 9.26 Å². The van der Waals surface area contributed by atoms with E-state index >= 15 is 0 Å². The maximum absolute atomic E-state index is 9.38. The maximum atomic E-state index is 9.38. The number of hydrogen-bond donors (Lipinski definition) is 2. The van der Waals surface area contributed by atoms with E-state index < -0.39 is 0 Å². The minimum Gasteiger partial charge on any atom is -0.508 e. The number of phenolic OH excluding ortho intramolecular Hbond substituents is 2. The van der Waals surface area contributed by atoms with Crippen LogP contribution in [-0.4, -0.2) is 27.0 Å². The van der Waals surface area contributed by atoms with E-state index in [1.165, 1.54) is 18.2 Å². The minimum absolute atomic E-state index is 0.0670. The number of aromatic hydroxyl groups is 2. The van der Waals surface area contributed by atoms with Gasteiger partial charge in [-0.3, -0.25) is 0 Å². The molecule has 0 saturated carbocycles. The molecule has 18 heavy (non-hydrogen) atoms. The minimum atomic E-state index is -0.265. The largest absolute Gasteiger partial charge is 0.508 e. The average molecular weight is 250 g/mol. The van der Waals surface area contributed by atoms with Gasteiger partial charge in [-0.2, -0.15) is 4.98 Å². The van der Waals surface area contributed by atoms with Crippen molar-refractivity contribution in [2.45, 2.75) is 20.0 Å². The average Bonchev–Trinajstić information content (AvgIpc) is 2.77. The van der Waals surface area contributed by atoms with Crippen LogP contribution >= 0.6 is 0 Å². The van der Waals surface area contributed by atoms with Gasteiger partial charge in [0.2, 0.25) is 5.82 Å². The summed E-state index contributed by atoms with van der Waals surface area (Å²) < 4.78 is 10.4. The molecule has 0 saturated heterocycles. The summed E-state index contributed by atoms with van der Waals surface area (Å²) in [6.07, 6.45) is -0.265. The monoisotopic (exact) mass is 250 g/mol. The molecule has 1 aromatic carbocycles. The van der Waals surface area contributed by atoms with E-state index in [-0.39, 0.29) is 23.5 Å². The lowest BCUT2D eigenvalue weighted by molar-refractivity contribution is 0.0683. The van der Waals surface area contributed by atoms with Crippen molar-refractivity contribution in [2.24, 2.45) is 0 Å². The number of hydrogen-bond acceptors (Lipinski definition) is 6. The molecular weight excluding hydrogens is 236 g/mol. The highest BCUT2D eigenvalue weighted by Crippen LogP contribution is 2.28. The van der Waals surface area contributed by atoms with Gasteiger partial charge >= 0.3 is 0 Å². The molecule has 2 aromatic rings. The van der Waals surface area contributed by atoms with Crippen molar-refractivity contribution >= 4 is 0 Å². The third kappa shape index (κ3) is 2.60. The van der Waals surface area contributed by atoms with Gasteiger partial charge in [0.25, 0.3) is 5.89 Å². The van der Waals surface area contributed by atoms with Crippen molar-refractivity contribution in [3.05, 3.63) is 24.0 Å². The Morgan fingerprint density at radius 2 is 1.94 bits per heavy atom. The van der Waals surface area contributed by atoms with Crippen LogP contribution in [0.5, 0.6) is 11.5 Å². The highest BCUT2D eigenvalue weighted by atomic mass is 16.5. The van der Waals surface area contributed by atoms with Crippen molar-refractivity contribution in [3.63, 3.8) is 0 Å². The third-order valence-electron chi connectivity index (χ3n) is 2.37. The topological polar surface area (TPSA) is 88.6 Å². The van der Waals surface area contributed by atoms with Gasteiger partial charge in [-0.1, -0.05) is 5.16 Å². The van der Waals surface area contributed by atoms with Crippen LogP contribution in [-0.2, 0) is 4.74 Å². The van der Waals surface area contributed by atoms with E-state index in [2.05, 4.69) is 10.1 Å². The van der Waals surface area contributed by atoms with E-state index in [9.17, 15) is 10.2 Å². The fourth-order valence-corrected chi connectivity index (χ4v) is 1.56. The summed E-state index contributed by atoms with van der Waals surface area (Å²) in [6, 6.07) is 4.09. The number of benzene rings is 1. The quantitative estimate of drug-likeness (QED) is 0.865. The molecule has 6 nitrogen and oxygen atoms in total. The Bertz CT molecular complexity index is 518. The van der Waals surface area contributed by atoms with Crippen LogP contribution in [0.1, 0.15) is 25.8 Å². The lowest BCUT2D eigenvalue weighted by Crippen LogP contribution is -2.01.